The van der Waals surface area contributed by atoms with Gasteiger partial charge in [-0.15, -0.1) is 12.4 Å². The second-order valence-corrected chi connectivity index (χ2v) is 7.59. The first-order valence-corrected chi connectivity index (χ1v) is 10.2. The predicted molar refractivity (Wildman–Crippen MR) is 126 cm³/mol. The largest absolute Gasteiger partial charge is 0.493 e. The molecule has 0 unspecified atom stereocenters. The lowest BCUT2D eigenvalue weighted by molar-refractivity contribution is 0.209. The van der Waals surface area contributed by atoms with E-state index in [0.29, 0.717) is 5.92 Å². The second-order valence-electron chi connectivity index (χ2n) is 7.59. The lowest BCUT2D eigenvalue weighted by Gasteiger charge is -2.21. The first kappa shape index (κ1) is 21.7. The van der Waals surface area contributed by atoms with Crippen LogP contribution in [0.5, 0.6) is 5.75 Å². The number of nitrogens with zero attached hydrogens (tertiary/aromatic N) is 1. The molecule has 0 atom stereocenters. The number of ether oxygens (including phenoxy) is 1. The van der Waals surface area contributed by atoms with Gasteiger partial charge >= 0.3 is 0 Å². The van der Waals surface area contributed by atoms with Crippen LogP contribution in [0.15, 0.2) is 54.7 Å². The average Bonchev–Trinajstić information content (AvgIpc) is 2.74. The van der Waals surface area contributed by atoms with Crippen molar-refractivity contribution in [2.75, 3.05) is 17.2 Å². The van der Waals surface area contributed by atoms with Crippen LogP contribution < -0.4 is 21.1 Å². The molecule has 0 spiro atoms. The van der Waals surface area contributed by atoms with Gasteiger partial charge in [0.15, 0.2) is 5.96 Å². The number of halogens is 1. The van der Waals surface area contributed by atoms with E-state index in [1.54, 1.807) is 6.20 Å². The number of aromatic nitrogens is 1. The van der Waals surface area contributed by atoms with Crippen LogP contribution >= 0.6 is 12.4 Å². The zero-order valence-electron chi connectivity index (χ0n) is 16.9. The maximum Gasteiger partial charge on any atom is 0.190 e. The van der Waals surface area contributed by atoms with Crippen molar-refractivity contribution in [2.24, 2.45) is 11.7 Å². The maximum atomic E-state index is 7.36. The minimum absolute atomic E-state index is 0. The van der Waals surface area contributed by atoms with Gasteiger partial charge in [-0.25, -0.2) is 0 Å². The highest BCUT2D eigenvalue weighted by Crippen LogP contribution is 2.29. The molecule has 4 rings (SSSR count). The topological polar surface area (TPSA) is 96.1 Å². The van der Waals surface area contributed by atoms with E-state index in [9.17, 15) is 0 Å². The van der Waals surface area contributed by atoms with E-state index in [1.807, 2.05) is 48.5 Å². The quantitative estimate of drug-likeness (QED) is 0.301. The smallest absolute Gasteiger partial charge is 0.190 e. The Balaban J connectivity index is 0.00000256. The Morgan fingerprint density at radius 1 is 1.03 bits per heavy atom. The van der Waals surface area contributed by atoms with Gasteiger partial charge in [0.1, 0.15) is 5.75 Å². The van der Waals surface area contributed by atoms with Gasteiger partial charge in [0.2, 0.25) is 0 Å². The molecule has 0 bridgehead atoms. The van der Waals surface area contributed by atoms with Crippen LogP contribution in [0.3, 0.4) is 0 Å². The summed E-state index contributed by atoms with van der Waals surface area (Å²) in [6.07, 6.45) is 8.39. The molecule has 1 aliphatic carbocycles. The molecule has 158 valence electrons. The van der Waals surface area contributed by atoms with Crippen molar-refractivity contribution in [3.8, 4) is 5.75 Å². The number of pyridine rings is 1. The molecule has 0 radical (unpaired) electrons. The molecule has 7 heteroatoms. The standard InChI is InChI=1S/C23H27N5O.ClH/c24-23(25)28-18-8-11-20-21(12-13-26-22(20)14-18)27-17-6-9-19(10-7-17)29-15-16-4-2-1-3-5-16;/h6-14,16H,1-5,15H2,(H,26,27)(H4,24,25,28);1H. The molecule has 1 heterocycles. The molecule has 1 aromatic heterocycles. The number of nitrogens with two attached hydrogens (primary N) is 1. The van der Waals surface area contributed by atoms with Crippen molar-refractivity contribution >= 4 is 46.3 Å². The number of anilines is 3. The molecule has 1 fully saturated rings. The molecule has 0 aliphatic heterocycles. The van der Waals surface area contributed by atoms with Crippen molar-refractivity contribution in [3.63, 3.8) is 0 Å². The fourth-order valence-corrected chi connectivity index (χ4v) is 3.85. The molecule has 0 saturated heterocycles. The first-order chi connectivity index (χ1) is 14.2. The lowest BCUT2D eigenvalue weighted by atomic mass is 9.90. The van der Waals surface area contributed by atoms with Gasteiger partial charge < -0.3 is 21.1 Å². The number of nitrogens with one attached hydrogen (secondary N) is 3. The third kappa shape index (κ3) is 5.54. The normalized spacial score (nSPS) is 14.0. The molecule has 30 heavy (non-hydrogen) atoms. The molecule has 3 aromatic rings. The van der Waals surface area contributed by atoms with Crippen LogP contribution in [0.2, 0.25) is 0 Å². The van der Waals surface area contributed by atoms with Crippen LogP contribution in [0.25, 0.3) is 10.9 Å². The maximum absolute atomic E-state index is 7.36. The fourth-order valence-electron chi connectivity index (χ4n) is 3.85. The van der Waals surface area contributed by atoms with Crippen molar-refractivity contribution in [3.05, 3.63) is 54.7 Å². The summed E-state index contributed by atoms with van der Waals surface area (Å²) in [5.41, 5.74) is 8.94. The van der Waals surface area contributed by atoms with Crippen LogP contribution in [0.1, 0.15) is 32.1 Å². The Bertz CT molecular complexity index is 987. The minimum atomic E-state index is -0.0931. The molecule has 1 aliphatic rings. The van der Waals surface area contributed by atoms with Crippen molar-refractivity contribution in [2.45, 2.75) is 32.1 Å². The number of hydrogen-bond donors (Lipinski definition) is 4. The molecule has 2 aromatic carbocycles. The van der Waals surface area contributed by atoms with Crippen LogP contribution in [-0.4, -0.2) is 17.6 Å². The molecule has 1 saturated carbocycles. The van der Waals surface area contributed by atoms with Gasteiger partial charge in [-0.2, -0.15) is 0 Å². The van der Waals surface area contributed by atoms with Crippen molar-refractivity contribution in [1.82, 2.24) is 4.98 Å². The van der Waals surface area contributed by atoms with Crippen LogP contribution in [0, 0.1) is 11.3 Å². The molecule has 5 N–H and O–H groups in total. The number of guanidine groups is 1. The summed E-state index contributed by atoms with van der Waals surface area (Å²) in [6, 6.07) is 15.8. The zero-order valence-corrected chi connectivity index (χ0v) is 17.7. The average molecular weight is 426 g/mol. The summed E-state index contributed by atoms with van der Waals surface area (Å²) in [7, 11) is 0. The Labute approximate surface area is 183 Å². The van der Waals surface area contributed by atoms with E-state index in [4.69, 9.17) is 15.9 Å². The summed E-state index contributed by atoms with van der Waals surface area (Å²) >= 11 is 0. The lowest BCUT2D eigenvalue weighted by Crippen LogP contribution is -2.20. The van der Waals surface area contributed by atoms with E-state index in [1.165, 1.54) is 32.1 Å². The van der Waals surface area contributed by atoms with Crippen molar-refractivity contribution < 1.29 is 4.74 Å². The van der Waals surface area contributed by atoms with Crippen molar-refractivity contribution in [1.29, 1.82) is 5.41 Å². The van der Waals surface area contributed by atoms with Gasteiger partial charge in [0, 0.05) is 28.6 Å². The first-order valence-electron chi connectivity index (χ1n) is 10.2. The highest BCUT2D eigenvalue weighted by molar-refractivity contribution is 5.97. The third-order valence-corrected chi connectivity index (χ3v) is 5.37. The Hall–Kier alpha value is -2.99. The Morgan fingerprint density at radius 2 is 1.77 bits per heavy atom. The monoisotopic (exact) mass is 425 g/mol. The summed E-state index contributed by atoms with van der Waals surface area (Å²) in [6.45, 7) is 0.818. The molecular weight excluding hydrogens is 398 g/mol. The van der Waals surface area contributed by atoms with E-state index in [-0.39, 0.29) is 18.4 Å². The summed E-state index contributed by atoms with van der Waals surface area (Å²) in [5, 5.41) is 14.6. The summed E-state index contributed by atoms with van der Waals surface area (Å²) < 4.78 is 5.99. The van der Waals surface area contributed by atoms with E-state index >= 15 is 0 Å². The molecule has 6 nitrogen and oxygen atoms in total. The Kier molecular flexibility index (Phi) is 7.36. The zero-order chi connectivity index (χ0) is 20.1. The van der Waals surface area contributed by atoms with Gasteiger partial charge in [0.25, 0.3) is 0 Å². The SMILES string of the molecule is Cl.N=C(N)Nc1ccc2c(Nc3ccc(OCC4CCCCC4)cc3)ccnc2c1. The predicted octanol–water partition coefficient (Wildman–Crippen LogP) is 5.66. The van der Waals surface area contributed by atoms with E-state index in [2.05, 4.69) is 15.6 Å². The fraction of sp³-hybridized carbons (Fsp3) is 0.304. The van der Waals surface area contributed by atoms with Gasteiger partial charge in [-0.1, -0.05) is 19.3 Å². The van der Waals surface area contributed by atoms with E-state index in [0.717, 1.165) is 40.3 Å². The number of benzene rings is 2. The number of rotatable bonds is 6. The van der Waals surface area contributed by atoms with E-state index < -0.39 is 0 Å². The molecule has 0 amide bonds. The highest BCUT2D eigenvalue weighted by Gasteiger charge is 2.14. The minimum Gasteiger partial charge on any atom is -0.493 e. The van der Waals surface area contributed by atoms with Crippen LogP contribution in [0.4, 0.5) is 17.1 Å². The number of hydrogen-bond acceptors (Lipinski definition) is 4. The second kappa shape index (κ2) is 10.2. The third-order valence-electron chi connectivity index (χ3n) is 5.37. The highest BCUT2D eigenvalue weighted by atomic mass is 35.5. The number of fused-ring (bicyclic) bond motifs is 1. The van der Waals surface area contributed by atoms with Gasteiger partial charge in [0.05, 0.1) is 12.1 Å². The van der Waals surface area contributed by atoms with Crippen LogP contribution in [-0.2, 0) is 0 Å². The summed E-state index contributed by atoms with van der Waals surface area (Å²) in [4.78, 5) is 4.42. The van der Waals surface area contributed by atoms with Gasteiger partial charge in [-0.05, 0) is 67.3 Å². The van der Waals surface area contributed by atoms with Gasteiger partial charge in [-0.3, -0.25) is 10.4 Å². The summed E-state index contributed by atoms with van der Waals surface area (Å²) in [5.74, 6) is 1.53. The Morgan fingerprint density at radius 3 is 2.50 bits per heavy atom. The molecular formula is C23H28ClN5O.